The van der Waals surface area contributed by atoms with Gasteiger partial charge < -0.3 is 9.64 Å². The Morgan fingerprint density at radius 2 is 2.14 bits per heavy atom. The molecule has 1 aromatic heterocycles. The number of ether oxygens (including phenoxy) is 1. The molecule has 0 atom stereocenters. The van der Waals surface area contributed by atoms with Gasteiger partial charge in [0.15, 0.2) is 4.34 Å². The van der Waals surface area contributed by atoms with E-state index in [1.165, 1.54) is 13.2 Å². The molecule has 0 saturated carbocycles. The van der Waals surface area contributed by atoms with Gasteiger partial charge in [-0.2, -0.15) is 0 Å². The molecule has 150 valence electrons. The average Bonchev–Trinajstić information content (AvgIpc) is 3.31. The summed E-state index contributed by atoms with van der Waals surface area (Å²) in [6.07, 6.45) is 1.01. The van der Waals surface area contributed by atoms with Crippen molar-refractivity contribution in [2.75, 3.05) is 29.0 Å². The van der Waals surface area contributed by atoms with Crippen LogP contribution in [0, 0.1) is 0 Å². The predicted molar refractivity (Wildman–Crippen MR) is 106 cm³/mol. The van der Waals surface area contributed by atoms with Gasteiger partial charge in [0.2, 0.25) is 11.0 Å². The average molecular weight is 443 g/mol. The normalized spacial score (nSPS) is 13.3. The van der Waals surface area contributed by atoms with Gasteiger partial charge in [-0.3, -0.25) is 14.3 Å². The highest BCUT2D eigenvalue weighted by Gasteiger charge is 2.26. The Bertz CT molecular complexity index is 1010. The first-order valence-electron chi connectivity index (χ1n) is 8.33. The molecule has 28 heavy (non-hydrogen) atoms. The number of benzene rings is 1. The number of esters is 1. The molecule has 2 heterocycles. The zero-order valence-electron chi connectivity index (χ0n) is 15.2. The molecule has 0 saturated heterocycles. The Kier molecular flexibility index (Phi) is 6.20. The molecule has 1 aliphatic rings. The number of sulfonamides is 1. The number of thioether (sulfide) groups is 1. The third kappa shape index (κ3) is 4.45. The van der Waals surface area contributed by atoms with Crippen LogP contribution in [0.2, 0.25) is 0 Å². The van der Waals surface area contributed by atoms with Gasteiger partial charge in [0.1, 0.15) is 0 Å². The minimum absolute atomic E-state index is 0.0123. The van der Waals surface area contributed by atoms with Crippen molar-refractivity contribution in [1.82, 2.24) is 10.2 Å². The topological polar surface area (TPSA) is 119 Å². The molecule has 1 N–H and O–H groups in total. The van der Waals surface area contributed by atoms with Crippen LogP contribution < -0.4 is 9.62 Å². The molecule has 1 amide bonds. The van der Waals surface area contributed by atoms with Crippen molar-refractivity contribution in [1.29, 1.82) is 0 Å². The summed E-state index contributed by atoms with van der Waals surface area (Å²) in [6, 6.07) is 4.70. The Labute approximate surface area is 170 Å². The first-order valence-corrected chi connectivity index (χ1v) is 11.6. The molecule has 9 nitrogen and oxygen atoms in total. The number of nitrogens with one attached hydrogen (secondary N) is 1. The Morgan fingerprint density at radius 3 is 2.86 bits per heavy atom. The second kappa shape index (κ2) is 8.45. The van der Waals surface area contributed by atoms with Crippen molar-refractivity contribution >= 4 is 55.8 Å². The zero-order chi connectivity index (χ0) is 20.3. The van der Waals surface area contributed by atoms with Crippen LogP contribution in [0.5, 0.6) is 0 Å². The van der Waals surface area contributed by atoms with Gasteiger partial charge in [0.25, 0.3) is 10.0 Å². The van der Waals surface area contributed by atoms with Crippen molar-refractivity contribution in [3.63, 3.8) is 0 Å². The Hall–Kier alpha value is -2.18. The molecular weight excluding hydrogens is 424 g/mol. The minimum Gasteiger partial charge on any atom is -0.468 e. The summed E-state index contributed by atoms with van der Waals surface area (Å²) < 4.78 is 32.7. The van der Waals surface area contributed by atoms with Crippen molar-refractivity contribution in [2.45, 2.75) is 29.0 Å². The van der Waals surface area contributed by atoms with E-state index in [0.717, 1.165) is 34.3 Å². The van der Waals surface area contributed by atoms with E-state index in [1.807, 2.05) is 0 Å². The van der Waals surface area contributed by atoms with Gasteiger partial charge in [0, 0.05) is 18.7 Å². The van der Waals surface area contributed by atoms with E-state index in [1.54, 1.807) is 24.0 Å². The summed E-state index contributed by atoms with van der Waals surface area (Å²) in [5.74, 6) is -0.329. The van der Waals surface area contributed by atoms with Crippen LogP contribution in [0.4, 0.5) is 10.8 Å². The summed E-state index contributed by atoms with van der Waals surface area (Å²) in [5, 5.41) is 7.76. The standard InChI is InChI=1S/C16H18N4O5S3/c1-3-13(21)20-7-6-10-8-11(4-5-12(10)20)28(23,24)19-15-17-18-16(27-15)26-9-14(22)25-2/h4-5,8H,3,6-7,9H2,1-2H3,(H,17,19). The molecule has 0 unspecified atom stereocenters. The number of carbonyl (C=O) groups is 2. The predicted octanol–water partition coefficient (Wildman–Crippen LogP) is 1.90. The number of rotatable bonds is 7. The lowest BCUT2D eigenvalue weighted by molar-refractivity contribution is -0.137. The monoisotopic (exact) mass is 442 g/mol. The number of aromatic nitrogens is 2. The fourth-order valence-corrected chi connectivity index (χ4v) is 5.52. The lowest BCUT2D eigenvalue weighted by atomic mass is 10.2. The number of amides is 1. The van der Waals surface area contributed by atoms with Crippen LogP contribution >= 0.6 is 23.1 Å². The van der Waals surface area contributed by atoms with E-state index in [2.05, 4.69) is 19.7 Å². The number of hydrogen-bond donors (Lipinski definition) is 1. The van der Waals surface area contributed by atoms with Crippen molar-refractivity contribution in [3.05, 3.63) is 23.8 Å². The maximum Gasteiger partial charge on any atom is 0.316 e. The molecule has 0 aliphatic carbocycles. The summed E-state index contributed by atoms with van der Waals surface area (Å²) >= 11 is 2.14. The molecule has 0 bridgehead atoms. The summed E-state index contributed by atoms with van der Waals surface area (Å²) in [5.41, 5.74) is 1.57. The molecule has 1 aromatic carbocycles. The number of anilines is 2. The number of methoxy groups -OCH3 is 1. The summed E-state index contributed by atoms with van der Waals surface area (Å²) in [4.78, 5) is 24.9. The number of nitrogens with zero attached hydrogens (tertiary/aromatic N) is 3. The van der Waals surface area contributed by atoms with E-state index in [-0.39, 0.29) is 21.7 Å². The van der Waals surface area contributed by atoms with Gasteiger partial charge in [-0.15, -0.1) is 10.2 Å². The first kappa shape index (κ1) is 20.6. The number of fused-ring (bicyclic) bond motifs is 1. The Morgan fingerprint density at radius 1 is 1.36 bits per heavy atom. The van der Waals surface area contributed by atoms with Gasteiger partial charge in [0.05, 0.1) is 17.8 Å². The van der Waals surface area contributed by atoms with Crippen molar-refractivity contribution in [3.8, 4) is 0 Å². The second-order valence-corrected chi connectivity index (χ2v) is 9.67. The molecule has 12 heteroatoms. The molecule has 1 aliphatic heterocycles. The highest BCUT2D eigenvalue weighted by atomic mass is 32.2. The molecule has 3 rings (SSSR count). The van der Waals surface area contributed by atoms with Crippen LogP contribution in [0.3, 0.4) is 0 Å². The van der Waals surface area contributed by atoms with Crippen LogP contribution in [0.25, 0.3) is 0 Å². The molecule has 2 aromatic rings. The second-order valence-electron chi connectivity index (χ2n) is 5.78. The van der Waals surface area contributed by atoms with Gasteiger partial charge in [-0.25, -0.2) is 8.42 Å². The fraction of sp³-hybridized carbons (Fsp3) is 0.375. The quantitative estimate of drug-likeness (QED) is 0.510. The first-order chi connectivity index (χ1) is 13.3. The maximum absolute atomic E-state index is 12.7. The Balaban J connectivity index is 1.73. The van der Waals surface area contributed by atoms with Gasteiger partial charge in [-0.05, 0) is 30.2 Å². The molecule has 0 spiro atoms. The lowest BCUT2D eigenvalue weighted by Crippen LogP contribution is -2.27. The van der Waals surface area contributed by atoms with E-state index in [9.17, 15) is 18.0 Å². The minimum atomic E-state index is -3.85. The SMILES string of the molecule is CCC(=O)N1CCc2cc(S(=O)(=O)Nc3nnc(SCC(=O)OC)s3)ccc21. The molecular formula is C16H18N4O5S3. The van der Waals surface area contributed by atoms with Crippen LogP contribution in [-0.4, -0.2) is 49.9 Å². The van der Waals surface area contributed by atoms with Gasteiger partial charge in [-0.1, -0.05) is 30.0 Å². The van der Waals surface area contributed by atoms with Crippen molar-refractivity contribution in [2.24, 2.45) is 0 Å². The fourth-order valence-electron chi connectivity index (χ4n) is 2.66. The third-order valence-corrected chi connectivity index (χ3v) is 7.44. The summed E-state index contributed by atoms with van der Waals surface area (Å²) in [7, 11) is -2.56. The van der Waals surface area contributed by atoms with Gasteiger partial charge >= 0.3 is 5.97 Å². The van der Waals surface area contributed by atoms with Crippen LogP contribution in [0.1, 0.15) is 18.9 Å². The molecule has 0 radical (unpaired) electrons. The number of hydrogen-bond acceptors (Lipinski definition) is 9. The van der Waals surface area contributed by atoms with E-state index >= 15 is 0 Å². The lowest BCUT2D eigenvalue weighted by Gasteiger charge is -2.16. The van der Waals surface area contributed by atoms with E-state index < -0.39 is 16.0 Å². The third-order valence-electron chi connectivity index (χ3n) is 4.03. The van der Waals surface area contributed by atoms with E-state index in [0.29, 0.717) is 23.7 Å². The maximum atomic E-state index is 12.7. The largest absolute Gasteiger partial charge is 0.468 e. The zero-order valence-corrected chi connectivity index (χ0v) is 17.6. The smallest absolute Gasteiger partial charge is 0.316 e. The number of carbonyl (C=O) groups excluding carboxylic acids is 2. The highest BCUT2D eigenvalue weighted by Crippen LogP contribution is 2.32. The van der Waals surface area contributed by atoms with E-state index in [4.69, 9.17) is 0 Å². The summed E-state index contributed by atoms with van der Waals surface area (Å²) in [6.45, 7) is 2.35. The van der Waals surface area contributed by atoms with Crippen molar-refractivity contribution < 1.29 is 22.7 Å². The van der Waals surface area contributed by atoms with Crippen LogP contribution in [-0.2, 0) is 30.8 Å². The van der Waals surface area contributed by atoms with Crippen LogP contribution in [0.15, 0.2) is 27.4 Å². The molecule has 0 fully saturated rings. The highest BCUT2D eigenvalue weighted by molar-refractivity contribution is 8.01.